The Bertz CT molecular complexity index is 327. The first-order valence-electron chi connectivity index (χ1n) is 5.51. The summed E-state index contributed by atoms with van der Waals surface area (Å²) < 4.78 is 0. The highest BCUT2D eigenvalue weighted by molar-refractivity contribution is 5.56. The number of hydrogen-bond acceptors (Lipinski definition) is 3. The van der Waals surface area contributed by atoms with E-state index in [1.165, 1.54) is 12.1 Å². The van der Waals surface area contributed by atoms with Crippen LogP contribution in [0.5, 0.6) is 0 Å². The van der Waals surface area contributed by atoms with Crippen LogP contribution in [-0.2, 0) is 0 Å². The number of anilines is 2. The molecule has 1 atom stereocenters. The number of nitrogens with zero attached hydrogens (tertiary/aromatic N) is 1. The summed E-state index contributed by atoms with van der Waals surface area (Å²) in [5.41, 5.74) is 7.77. The Morgan fingerprint density at radius 1 is 1.47 bits per heavy atom. The normalized spacial score (nSPS) is 20.9. The smallest absolute Gasteiger partial charge is 0.0434 e. The molecule has 1 aromatic rings. The first-order chi connectivity index (χ1) is 7.29. The second kappa shape index (κ2) is 4.53. The molecule has 1 aliphatic rings. The number of aliphatic hydroxyl groups is 1. The van der Waals surface area contributed by atoms with Crippen molar-refractivity contribution in [3.8, 4) is 0 Å². The highest BCUT2D eigenvalue weighted by Gasteiger charge is 2.21. The minimum atomic E-state index is 0.301. The molecule has 1 fully saturated rings. The molecule has 0 bridgehead atoms. The first-order valence-corrected chi connectivity index (χ1v) is 5.51. The zero-order valence-electron chi connectivity index (χ0n) is 8.89. The van der Waals surface area contributed by atoms with E-state index in [1.54, 1.807) is 0 Å². The van der Waals surface area contributed by atoms with E-state index in [2.05, 4.69) is 11.0 Å². The quantitative estimate of drug-likeness (QED) is 0.736. The summed E-state index contributed by atoms with van der Waals surface area (Å²) in [6.45, 7) is 2.42. The summed E-state index contributed by atoms with van der Waals surface area (Å²) in [5, 5.41) is 8.89. The highest BCUT2D eigenvalue weighted by Crippen LogP contribution is 2.26. The number of aliphatic hydroxyl groups excluding tert-OH is 1. The molecule has 1 saturated heterocycles. The van der Waals surface area contributed by atoms with E-state index in [0.717, 1.165) is 25.2 Å². The van der Waals surface area contributed by atoms with E-state index in [-0.39, 0.29) is 0 Å². The summed E-state index contributed by atoms with van der Waals surface area (Å²) in [7, 11) is 0. The molecule has 0 saturated carbocycles. The number of rotatable bonds is 3. The molecular weight excluding hydrogens is 188 g/mol. The van der Waals surface area contributed by atoms with Crippen molar-refractivity contribution in [2.45, 2.75) is 12.8 Å². The second-order valence-electron chi connectivity index (χ2n) is 4.21. The van der Waals surface area contributed by atoms with Crippen LogP contribution in [-0.4, -0.2) is 24.8 Å². The lowest BCUT2D eigenvalue weighted by Crippen LogP contribution is -2.19. The average molecular weight is 206 g/mol. The molecule has 2 rings (SSSR count). The van der Waals surface area contributed by atoms with Crippen LogP contribution < -0.4 is 10.6 Å². The molecular formula is C12H18N2O. The van der Waals surface area contributed by atoms with Gasteiger partial charge in [0.2, 0.25) is 0 Å². The molecule has 82 valence electrons. The number of nitrogen functional groups attached to an aromatic ring is 1. The standard InChI is InChI=1S/C12H18N2O/c13-11-2-1-3-12(8-11)14-6-4-10(9-14)5-7-15/h1-3,8,10,15H,4-7,9,13H2. The molecule has 1 aliphatic heterocycles. The van der Waals surface area contributed by atoms with Gasteiger partial charge in [0.05, 0.1) is 0 Å². The van der Waals surface area contributed by atoms with Gasteiger partial charge in [-0.1, -0.05) is 6.07 Å². The van der Waals surface area contributed by atoms with Crippen LogP contribution in [0.1, 0.15) is 12.8 Å². The largest absolute Gasteiger partial charge is 0.399 e. The number of hydrogen-bond donors (Lipinski definition) is 2. The maximum Gasteiger partial charge on any atom is 0.0434 e. The van der Waals surface area contributed by atoms with Crippen molar-refractivity contribution in [3.05, 3.63) is 24.3 Å². The fourth-order valence-electron chi connectivity index (χ4n) is 2.21. The zero-order chi connectivity index (χ0) is 10.7. The van der Waals surface area contributed by atoms with E-state index in [1.807, 2.05) is 18.2 Å². The third kappa shape index (κ3) is 2.42. The van der Waals surface area contributed by atoms with Gasteiger partial charge in [-0.2, -0.15) is 0 Å². The monoisotopic (exact) mass is 206 g/mol. The van der Waals surface area contributed by atoms with Gasteiger partial charge >= 0.3 is 0 Å². The predicted molar refractivity (Wildman–Crippen MR) is 62.9 cm³/mol. The Labute approximate surface area is 90.5 Å². The van der Waals surface area contributed by atoms with Crippen molar-refractivity contribution in [2.75, 3.05) is 30.3 Å². The maximum absolute atomic E-state index is 8.89. The molecule has 15 heavy (non-hydrogen) atoms. The van der Waals surface area contributed by atoms with Crippen molar-refractivity contribution in [3.63, 3.8) is 0 Å². The molecule has 3 N–H and O–H groups in total. The average Bonchev–Trinajstić information content (AvgIpc) is 2.67. The third-order valence-electron chi connectivity index (χ3n) is 3.06. The van der Waals surface area contributed by atoms with Gasteiger partial charge in [-0.25, -0.2) is 0 Å². The van der Waals surface area contributed by atoms with E-state index in [0.29, 0.717) is 12.5 Å². The third-order valence-corrected chi connectivity index (χ3v) is 3.06. The molecule has 1 unspecified atom stereocenters. The molecule has 0 aromatic heterocycles. The van der Waals surface area contributed by atoms with Crippen molar-refractivity contribution in [1.82, 2.24) is 0 Å². The van der Waals surface area contributed by atoms with Crippen LogP contribution in [0, 0.1) is 5.92 Å². The Kier molecular flexibility index (Phi) is 3.11. The fraction of sp³-hybridized carbons (Fsp3) is 0.500. The molecule has 0 amide bonds. The van der Waals surface area contributed by atoms with Crippen LogP contribution in [0.25, 0.3) is 0 Å². The van der Waals surface area contributed by atoms with Crippen molar-refractivity contribution in [2.24, 2.45) is 5.92 Å². The Balaban J connectivity index is 2.01. The molecule has 0 spiro atoms. The van der Waals surface area contributed by atoms with E-state index < -0.39 is 0 Å². The van der Waals surface area contributed by atoms with Gasteiger partial charge in [0.15, 0.2) is 0 Å². The van der Waals surface area contributed by atoms with Crippen LogP contribution in [0.15, 0.2) is 24.3 Å². The lowest BCUT2D eigenvalue weighted by molar-refractivity contribution is 0.263. The fourth-order valence-corrected chi connectivity index (χ4v) is 2.21. The van der Waals surface area contributed by atoms with Crippen LogP contribution in [0.2, 0.25) is 0 Å². The lowest BCUT2D eigenvalue weighted by Gasteiger charge is -2.18. The summed E-state index contributed by atoms with van der Waals surface area (Å²) in [5.74, 6) is 0.636. The van der Waals surface area contributed by atoms with Crippen LogP contribution in [0.3, 0.4) is 0 Å². The maximum atomic E-state index is 8.89. The van der Waals surface area contributed by atoms with Gasteiger partial charge in [0.25, 0.3) is 0 Å². The zero-order valence-corrected chi connectivity index (χ0v) is 8.89. The minimum Gasteiger partial charge on any atom is -0.399 e. The van der Waals surface area contributed by atoms with Crippen LogP contribution >= 0.6 is 0 Å². The SMILES string of the molecule is Nc1cccc(N2CCC(CCO)C2)c1. The topological polar surface area (TPSA) is 49.5 Å². The van der Waals surface area contributed by atoms with Crippen molar-refractivity contribution >= 4 is 11.4 Å². The van der Waals surface area contributed by atoms with Gasteiger partial charge in [0.1, 0.15) is 0 Å². The van der Waals surface area contributed by atoms with Gasteiger partial charge in [-0.15, -0.1) is 0 Å². The Hall–Kier alpha value is -1.22. The van der Waals surface area contributed by atoms with Gasteiger partial charge in [-0.3, -0.25) is 0 Å². The van der Waals surface area contributed by atoms with E-state index in [9.17, 15) is 0 Å². The van der Waals surface area contributed by atoms with E-state index in [4.69, 9.17) is 10.8 Å². The molecule has 1 heterocycles. The van der Waals surface area contributed by atoms with Gasteiger partial charge in [0, 0.05) is 31.1 Å². The summed E-state index contributed by atoms with van der Waals surface area (Å²) in [6, 6.07) is 8.01. The molecule has 1 aromatic carbocycles. The first kappa shape index (κ1) is 10.3. The van der Waals surface area contributed by atoms with Crippen LogP contribution in [0.4, 0.5) is 11.4 Å². The predicted octanol–water partition coefficient (Wildman–Crippen LogP) is 1.48. The summed E-state index contributed by atoms with van der Waals surface area (Å²) >= 11 is 0. The van der Waals surface area contributed by atoms with Crippen molar-refractivity contribution in [1.29, 1.82) is 0 Å². The summed E-state index contributed by atoms with van der Waals surface area (Å²) in [6.07, 6.45) is 2.09. The lowest BCUT2D eigenvalue weighted by atomic mass is 10.1. The molecule has 3 nitrogen and oxygen atoms in total. The van der Waals surface area contributed by atoms with Crippen molar-refractivity contribution < 1.29 is 5.11 Å². The minimum absolute atomic E-state index is 0.301. The number of nitrogens with two attached hydrogens (primary N) is 1. The highest BCUT2D eigenvalue weighted by atomic mass is 16.3. The second-order valence-corrected chi connectivity index (χ2v) is 4.21. The number of benzene rings is 1. The van der Waals surface area contributed by atoms with Gasteiger partial charge < -0.3 is 15.7 Å². The molecule has 0 radical (unpaired) electrons. The Morgan fingerprint density at radius 3 is 3.07 bits per heavy atom. The molecule has 0 aliphatic carbocycles. The van der Waals surface area contributed by atoms with E-state index >= 15 is 0 Å². The summed E-state index contributed by atoms with van der Waals surface area (Å²) in [4.78, 5) is 2.34. The van der Waals surface area contributed by atoms with Gasteiger partial charge in [-0.05, 0) is 37.0 Å². The Morgan fingerprint density at radius 2 is 2.33 bits per heavy atom. The molecule has 3 heteroatoms.